The van der Waals surface area contributed by atoms with Crippen molar-refractivity contribution >= 4 is 11.7 Å². The van der Waals surface area contributed by atoms with E-state index in [9.17, 15) is 4.79 Å². The van der Waals surface area contributed by atoms with Crippen LogP contribution in [-0.2, 0) is 17.8 Å². The second kappa shape index (κ2) is 7.46. The Morgan fingerprint density at radius 3 is 2.89 bits per heavy atom. The first-order valence-corrected chi connectivity index (χ1v) is 9.39. The second-order valence-corrected chi connectivity index (χ2v) is 6.83. The number of hydrogen-bond acceptors (Lipinski definition) is 6. The summed E-state index contributed by atoms with van der Waals surface area (Å²) in [5, 5.41) is 4.21. The molecular formula is C20H23N5O3. The van der Waals surface area contributed by atoms with Gasteiger partial charge in [-0.05, 0) is 50.5 Å². The first-order valence-electron chi connectivity index (χ1n) is 9.39. The zero-order chi connectivity index (χ0) is 19.7. The van der Waals surface area contributed by atoms with Crippen molar-refractivity contribution in [2.75, 3.05) is 13.3 Å². The molecule has 28 heavy (non-hydrogen) atoms. The molecule has 1 aliphatic rings. The van der Waals surface area contributed by atoms with Gasteiger partial charge in [0.2, 0.25) is 12.7 Å². The van der Waals surface area contributed by atoms with E-state index in [2.05, 4.69) is 15.1 Å². The highest BCUT2D eigenvalue weighted by atomic mass is 16.7. The highest BCUT2D eigenvalue weighted by Gasteiger charge is 2.18. The van der Waals surface area contributed by atoms with Crippen LogP contribution in [0.1, 0.15) is 35.9 Å². The van der Waals surface area contributed by atoms with Gasteiger partial charge in [0.1, 0.15) is 6.33 Å². The van der Waals surface area contributed by atoms with E-state index >= 15 is 0 Å². The molecule has 0 unspecified atom stereocenters. The third-order valence-corrected chi connectivity index (χ3v) is 5.12. The molecule has 4 rings (SSSR count). The summed E-state index contributed by atoms with van der Waals surface area (Å²) in [6.45, 7) is 7.37. The molecule has 8 nitrogen and oxygen atoms in total. The summed E-state index contributed by atoms with van der Waals surface area (Å²) in [5.41, 5.74) is 3.94. The molecule has 1 aromatic carbocycles. The van der Waals surface area contributed by atoms with Gasteiger partial charge in [-0.3, -0.25) is 4.79 Å². The van der Waals surface area contributed by atoms with Crippen molar-refractivity contribution in [2.45, 2.75) is 40.2 Å². The van der Waals surface area contributed by atoms with Crippen molar-refractivity contribution in [3.63, 3.8) is 0 Å². The van der Waals surface area contributed by atoms with Gasteiger partial charge in [0, 0.05) is 30.9 Å². The minimum absolute atomic E-state index is 0.109. The predicted molar refractivity (Wildman–Crippen MR) is 102 cm³/mol. The van der Waals surface area contributed by atoms with Gasteiger partial charge in [-0.1, -0.05) is 6.07 Å². The van der Waals surface area contributed by atoms with Crippen LogP contribution < -0.4 is 9.47 Å². The molecule has 146 valence electrons. The number of nitrogens with zero attached hydrogens (tertiary/aromatic N) is 5. The lowest BCUT2D eigenvalue weighted by molar-refractivity contribution is -0.131. The van der Waals surface area contributed by atoms with Gasteiger partial charge in [0.25, 0.3) is 5.78 Å². The van der Waals surface area contributed by atoms with Gasteiger partial charge >= 0.3 is 0 Å². The maximum absolute atomic E-state index is 12.8. The van der Waals surface area contributed by atoms with Crippen molar-refractivity contribution in [2.24, 2.45) is 0 Å². The van der Waals surface area contributed by atoms with E-state index in [0.29, 0.717) is 31.7 Å². The summed E-state index contributed by atoms with van der Waals surface area (Å²) in [6.07, 6.45) is 2.53. The first kappa shape index (κ1) is 18.2. The van der Waals surface area contributed by atoms with Crippen molar-refractivity contribution in [3.8, 4) is 11.5 Å². The molecule has 8 heteroatoms. The standard InChI is InChI=1S/C20H23N5O3/c1-4-24(10-15-5-7-17-18(9-15)28-12-27-17)19(26)8-6-16-13(2)23-20-21-11-22-25(20)14(16)3/h5,7,9,11H,4,6,8,10,12H2,1-3H3. The van der Waals surface area contributed by atoms with Crippen LogP contribution in [0.3, 0.4) is 0 Å². The summed E-state index contributed by atoms with van der Waals surface area (Å²) in [7, 11) is 0. The van der Waals surface area contributed by atoms with Gasteiger partial charge in [-0.25, -0.2) is 9.50 Å². The van der Waals surface area contributed by atoms with E-state index < -0.39 is 0 Å². The first-order chi connectivity index (χ1) is 13.6. The Labute approximate surface area is 163 Å². The number of fused-ring (bicyclic) bond motifs is 2. The summed E-state index contributed by atoms with van der Waals surface area (Å²) in [6, 6.07) is 5.80. The Kier molecular flexibility index (Phi) is 4.85. The number of aromatic nitrogens is 4. The number of aryl methyl sites for hydroxylation is 2. The molecule has 0 bridgehead atoms. The van der Waals surface area contributed by atoms with Gasteiger partial charge in [0.15, 0.2) is 11.5 Å². The fourth-order valence-electron chi connectivity index (χ4n) is 3.54. The summed E-state index contributed by atoms with van der Waals surface area (Å²) >= 11 is 0. The minimum atomic E-state index is 0.109. The average molecular weight is 381 g/mol. The van der Waals surface area contributed by atoms with Crippen LogP contribution in [0.5, 0.6) is 11.5 Å². The fourth-order valence-corrected chi connectivity index (χ4v) is 3.54. The van der Waals surface area contributed by atoms with Crippen LogP contribution in [0.2, 0.25) is 0 Å². The number of carbonyl (C=O) groups excluding carboxylic acids is 1. The molecule has 0 radical (unpaired) electrons. The monoisotopic (exact) mass is 381 g/mol. The van der Waals surface area contributed by atoms with Crippen molar-refractivity contribution in [1.29, 1.82) is 0 Å². The second-order valence-electron chi connectivity index (χ2n) is 6.83. The Balaban J connectivity index is 1.45. The maximum atomic E-state index is 12.8. The molecule has 2 aromatic heterocycles. The zero-order valence-corrected chi connectivity index (χ0v) is 16.3. The zero-order valence-electron chi connectivity index (χ0n) is 16.3. The number of hydrogen-bond donors (Lipinski definition) is 0. The van der Waals surface area contributed by atoms with Gasteiger partial charge in [-0.15, -0.1) is 0 Å². The highest BCUT2D eigenvalue weighted by Crippen LogP contribution is 2.32. The largest absolute Gasteiger partial charge is 0.454 e. The van der Waals surface area contributed by atoms with E-state index in [0.717, 1.165) is 34.0 Å². The third kappa shape index (κ3) is 3.37. The summed E-state index contributed by atoms with van der Waals surface area (Å²) in [4.78, 5) is 23.3. The Bertz CT molecular complexity index is 1030. The molecule has 0 fully saturated rings. The molecule has 0 saturated heterocycles. The average Bonchev–Trinajstić information content (AvgIpc) is 3.34. The lowest BCUT2D eigenvalue weighted by Crippen LogP contribution is -2.30. The number of carbonyl (C=O) groups is 1. The normalized spacial score (nSPS) is 12.5. The van der Waals surface area contributed by atoms with Crippen LogP contribution in [0.4, 0.5) is 0 Å². The van der Waals surface area contributed by atoms with E-state index in [1.54, 1.807) is 4.52 Å². The molecule has 3 heterocycles. The Hall–Kier alpha value is -3.16. The fraction of sp³-hybridized carbons (Fsp3) is 0.400. The van der Waals surface area contributed by atoms with Crippen molar-refractivity contribution < 1.29 is 14.3 Å². The number of benzene rings is 1. The van der Waals surface area contributed by atoms with Crippen LogP contribution >= 0.6 is 0 Å². The van der Waals surface area contributed by atoms with Gasteiger partial charge in [0.05, 0.1) is 0 Å². The van der Waals surface area contributed by atoms with E-state index in [1.807, 2.05) is 43.9 Å². The number of amides is 1. The molecule has 0 aliphatic carbocycles. The lowest BCUT2D eigenvalue weighted by atomic mass is 10.1. The van der Waals surface area contributed by atoms with Crippen LogP contribution in [0.25, 0.3) is 5.78 Å². The molecule has 0 spiro atoms. The third-order valence-electron chi connectivity index (χ3n) is 5.12. The topological polar surface area (TPSA) is 81.9 Å². The maximum Gasteiger partial charge on any atom is 0.252 e. The summed E-state index contributed by atoms with van der Waals surface area (Å²) < 4.78 is 12.5. The van der Waals surface area contributed by atoms with Crippen LogP contribution in [-0.4, -0.2) is 43.7 Å². The van der Waals surface area contributed by atoms with Crippen LogP contribution in [0.15, 0.2) is 24.5 Å². The van der Waals surface area contributed by atoms with E-state index in [-0.39, 0.29) is 12.7 Å². The molecule has 0 N–H and O–H groups in total. The quantitative estimate of drug-likeness (QED) is 0.652. The number of ether oxygens (including phenoxy) is 2. The van der Waals surface area contributed by atoms with E-state index in [4.69, 9.17) is 9.47 Å². The molecular weight excluding hydrogens is 358 g/mol. The van der Waals surface area contributed by atoms with Crippen molar-refractivity contribution in [1.82, 2.24) is 24.5 Å². The summed E-state index contributed by atoms with van der Waals surface area (Å²) in [5.74, 6) is 2.18. The number of rotatable bonds is 6. The van der Waals surface area contributed by atoms with Gasteiger partial charge in [-0.2, -0.15) is 10.1 Å². The smallest absolute Gasteiger partial charge is 0.252 e. The lowest BCUT2D eigenvalue weighted by Gasteiger charge is -2.21. The van der Waals surface area contributed by atoms with E-state index in [1.165, 1.54) is 6.33 Å². The van der Waals surface area contributed by atoms with Crippen molar-refractivity contribution in [3.05, 3.63) is 47.0 Å². The Morgan fingerprint density at radius 2 is 2.07 bits per heavy atom. The van der Waals surface area contributed by atoms with Gasteiger partial charge < -0.3 is 14.4 Å². The molecule has 1 aliphatic heterocycles. The molecule has 0 saturated carbocycles. The molecule has 3 aromatic rings. The molecule has 0 atom stereocenters. The Morgan fingerprint density at radius 1 is 1.25 bits per heavy atom. The highest BCUT2D eigenvalue weighted by molar-refractivity contribution is 5.76. The SMILES string of the molecule is CCN(Cc1ccc2c(c1)OCO2)C(=O)CCc1c(C)nc2ncnn2c1C. The molecule has 1 amide bonds. The van der Waals surface area contributed by atoms with Crippen LogP contribution in [0, 0.1) is 13.8 Å². The predicted octanol–water partition coefficient (Wildman–Crippen LogP) is 2.45. The minimum Gasteiger partial charge on any atom is -0.454 e.